The van der Waals surface area contributed by atoms with Crippen molar-refractivity contribution in [3.8, 4) is 5.82 Å². The lowest BCUT2D eigenvalue weighted by molar-refractivity contribution is 0.0947. The van der Waals surface area contributed by atoms with Crippen molar-refractivity contribution in [2.75, 3.05) is 27.2 Å². The van der Waals surface area contributed by atoms with Crippen LogP contribution in [-0.4, -0.2) is 52.8 Å². The van der Waals surface area contributed by atoms with Crippen LogP contribution in [0.3, 0.4) is 0 Å². The number of nitrogens with zero attached hydrogens (tertiary/aromatic N) is 4. The van der Waals surface area contributed by atoms with Crippen LogP contribution in [0.15, 0.2) is 18.2 Å². The number of halogens is 1. The largest absolute Gasteiger partial charge is 0.351 e. The van der Waals surface area contributed by atoms with Crippen LogP contribution in [0.2, 0.25) is 5.02 Å². The van der Waals surface area contributed by atoms with Gasteiger partial charge in [-0.2, -0.15) is 5.10 Å². The number of rotatable bonds is 6. The summed E-state index contributed by atoms with van der Waals surface area (Å²) in [5.41, 5.74) is 2.07. The topological polar surface area (TPSA) is 63.1 Å². The predicted molar refractivity (Wildman–Crippen MR) is 91.3 cm³/mol. The molecule has 0 radical (unpaired) electrons. The fourth-order valence-corrected chi connectivity index (χ4v) is 2.44. The highest BCUT2D eigenvalue weighted by molar-refractivity contribution is 6.33. The van der Waals surface area contributed by atoms with E-state index in [0.717, 1.165) is 24.4 Å². The minimum Gasteiger partial charge on any atom is -0.351 e. The Hall–Kier alpha value is -1.92. The first-order valence-corrected chi connectivity index (χ1v) is 7.89. The van der Waals surface area contributed by atoms with Crippen LogP contribution >= 0.6 is 11.6 Å². The van der Waals surface area contributed by atoms with Gasteiger partial charge in [-0.25, -0.2) is 9.67 Å². The van der Waals surface area contributed by atoms with Gasteiger partial charge in [0.15, 0.2) is 5.82 Å². The third-order valence-corrected chi connectivity index (χ3v) is 3.65. The third-order valence-electron chi connectivity index (χ3n) is 3.34. The van der Waals surface area contributed by atoms with E-state index in [1.54, 1.807) is 16.8 Å². The molecule has 0 spiro atoms. The van der Waals surface area contributed by atoms with Gasteiger partial charge in [-0.1, -0.05) is 11.6 Å². The number of aryl methyl sites for hydroxylation is 2. The molecule has 2 aromatic heterocycles. The second-order valence-corrected chi connectivity index (χ2v) is 6.16. The Bertz CT molecular complexity index is 696. The van der Waals surface area contributed by atoms with Crippen LogP contribution in [0.5, 0.6) is 0 Å². The quantitative estimate of drug-likeness (QED) is 0.822. The number of carbonyl (C=O) groups excluding carboxylic acids is 1. The Balaban J connectivity index is 2.14. The molecule has 124 valence electrons. The van der Waals surface area contributed by atoms with Crippen molar-refractivity contribution < 1.29 is 4.79 Å². The maximum atomic E-state index is 12.3. The number of aromatic nitrogens is 3. The normalized spacial score (nSPS) is 11.0. The summed E-state index contributed by atoms with van der Waals surface area (Å²) in [6, 6.07) is 5.39. The molecule has 6 nitrogen and oxygen atoms in total. The minimum absolute atomic E-state index is 0.224. The van der Waals surface area contributed by atoms with Crippen LogP contribution in [0.4, 0.5) is 0 Å². The summed E-state index contributed by atoms with van der Waals surface area (Å²) in [6.45, 7) is 5.35. The van der Waals surface area contributed by atoms with E-state index in [0.29, 0.717) is 17.4 Å². The number of pyridine rings is 1. The second-order valence-electron chi connectivity index (χ2n) is 5.75. The molecule has 0 unspecified atom stereocenters. The van der Waals surface area contributed by atoms with Gasteiger partial charge in [0, 0.05) is 12.2 Å². The average Bonchev–Trinajstić information content (AvgIpc) is 2.82. The van der Waals surface area contributed by atoms with E-state index in [1.165, 1.54) is 0 Å². The zero-order valence-electron chi connectivity index (χ0n) is 13.9. The molecule has 23 heavy (non-hydrogen) atoms. The number of amides is 1. The SMILES string of the molecule is Cc1cc(C)n(-c2ccc(Cl)c(C(=O)NCCCN(C)C)n2)n1. The lowest BCUT2D eigenvalue weighted by atomic mass is 10.3. The van der Waals surface area contributed by atoms with Gasteiger partial charge in [0.1, 0.15) is 5.69 Å². The molecular formula is C16H22ClN5O. The maximum absolute atomic E-state index is 12.3. The van der Waals surface area contributed by atoms with Gasteiger partial charge in [-0.05, 0) is 59.1 Å². The Morgan fingerprint density at radius 2 is 2.09 bits per heavy atom. The second kappa shape index (κ2) is 7.57. The molecule has 2 heterocycles. The number of hydrogen-bond acceptors (Lipinski definition) is 4. The van der Waals surface area contributed by atoms with E-state index in [9.17, 15) is 4.79 Å². The molecule has 1 amide bonds. The van der Waals surface area contributed by atoms with Crippen LogP contribution in [-0.2, 0) is 0 Å². The van der Waals surface area contributed by atoms with Gasteiger partial charge in [0.2, 0.25) is 0 Å². The van der Waals surface area contributed by atoms with Gasteiger partial charge < -0.3 is 10.2 Å². The number of nitrogens with one attached hydrogen (secondary N) is 1. The van der Waals surface area contributed by atoms with Crippen molar-refractivity contribution in [3.63, 3.8) is 0 Å². The van der Waals surface area contributed by atoms with Gasteiger partial charge in [0.05, 0.1) is 10.7 Å². The van der Waals surface area contributed by atoms with Crippen molar-refractivity contribution in [1.82, 2.24) is 25.0 Å². The van der Waals surface area contributed by atoms with Crippen LogP contribution in [0.25, 0.3) is 5.82 Å². The fourth-order valence-electron chi connectivity index (χ4n) is 2.25. The van der Waals surface area contributed by atoms with E-state index < -0.39 is 0 Å². The first kappa shape index (κ1) is 17.4. The Morgan fingerprint density at radius 1 is 1.35 bits per heavy atom. The standard InChI is InChI=1S/C16H22ClN5O/c1-11-10-12(2)22(20-11)14-7-6-13(17)15(19-14)16(23)18-8-5-9-21(3)4/h6-7,10H,5,8-9H2,1-4H3,(H,18,23). The third kappa shape index (κ3) is 4.53. The molecule has 0 saturated carbocycles. The summed E-state index contributed by atoms with van der Waals surface area (Å²) in [5.74, 6) is 0.315. The minimum atomic E-state index is -0.267. The van der Waals surface area contributed by atoms with Crippen molar-refractivity contribution >= 4 is 17.5 Å². The zero-order chi connectivity index (χ0) is 17.0. The molecule has 7 heteroatoms. The zero-order valence-corrected chi connectivity index (χ0v) is 14.7. The Morgan fingerprint density at radius 3 is 2.70 bits per heavy atom. The Labute approximate surface area is 141 Å². The smallest absolute Gasteiger partial charge is 0.271 e. The van der Waals surface area contributed by atoms with E-state index in [-0.39, 0.29) is 11.6 Å². The van der Waals surface area contributed by atoms with Crippen molar-refractivity contribution in [1.29, 1.82) is 0 Å². The highest BCUT2D eigenvalue weighted by Crippen LogP contribution is 2.17. The molecule has 0 aliphatic heterocycles. The molecule has 0 atom stereocenters. The molecule has 1 N–H and O–H groups in total. The molecule has 0 saturated heterocycles. The van der Waals surface area contributed by atoms with Gasteiger partial charge in [-0.3, -0.25) is 4.79 Å². The summed E-state index contributed by atoms with van der Waals surface area (Å²) >= 11 is 6.13. The lowest BCUT2D eigenvalue weighted by Gasteiger charge is -2.11. The predicted octanol–water partition coefficient (Wildman–Crippen LogP) is 2.22. The summed E-state index contributed by atoms with van der Waals surface area (Å²) < 4.78 is 1.70. The number of carbonyl (C=O) groups is 1. The molecular weight excluding hydrogens is 314 g/mol. The fraction of sp³-hybridized carbons (Fsp3) is 0.438. The molecule has 2 aromatic rings. The van der Waals surface area contributed by atoms with E-state index in [4.69, 9.17) is 11.6 Å². The highest BCUT2D eigenvalue weighted by atomic mass is 35.5. The molecule has 0 aromatic carbocycles. The van der Waals surface area contributed by atoms with Gasteiger partial charge >= 0.3 is 0 Å². The molecule has 0 aliphatic carbocycles. The van der Waals surface area contributed by atoms with Crippen LogP contribution in [0.1, 0.15) is 28.3 Å². The average molecular weight is 336 g/mol. The van der Waals surface area contributed by atoms with Crippen molar-refractivity contribution in [3.05, 3.63) is 40.3 Å². The first-order chi connectivity index (χ1) is 10.9. The first-order valence-electron chi connectivity index (χ1n) is 7.51. The summed E-state index contributed by atoms with van der Waals surface area (Å²) in [4.78, 5) is 18.7. The Kier molecular flexibility index (Phi) is 5.74. The molecule has 0 aliphatic rings. The summed E-state index contributed by atoms with van der Waals surface area (Å²) in [7, 11) is 4.00. The summed E-state index contributed by atoms with van der Waals surface area (Å²) in [6.07, 6.45) is 0.869. The lowest BCUT2D eigenvalue weighted by Crippen LogP contribution is -2.28. The van der Waals surface area contributed by atoms with E-state index in [2.05, 4.69) is 20.3 Å². The van der Waals surface area contributed by atoms with Crippen molar-refractivity contribution in [2.24, 2.45) is 0 Å². The molecule has 2 rings (SSSR count). The van der Waals surface area contributed by atoms with Crippen LogP contribution < -0.4 is 5.32 Å². The highest BCUT2D eigenvalue weighted by Gasteiger charge is 2.14. The van der Waals surface area contributed by atoms with Crippen molar-refractivity contribution in [2.45, 2.75) is 20.3 Å². The number of hydrogen-bond donors (Lipinski definition) is 1. The molecule has 0 fully saturated rings. The van der Waals surface area contributed by atoms with E-state index >= 15 is 0 Å². The monoisotopic (exact) mass is 335 g/mol. The molecule has 0 bridgehead atoms. The van der Waals surface area contributed by atoms with Crippen LogP contribution in [0, 0.1) is 13.8 Å². The van der Waals surface area contributed by atoms with Gasteiger partial charge in [0.25, 0.3) is 5.91 Å². The summed E-state index contributed by atoms with van der Waals surface area (Å²) in [5, 5.41) is 7.56. The van der Waals surface area contributed by atoms with E-state index in [1.807, 2.05) is 34.0 Å². The van der Waals surface area contributed by atoms with Gasteiger partial charge in [-0.15, -0.1) is 0 Å². The maximum Gasteiger partial charge on any atom is 0.271 e.